The summed E-state index contributed by atoms with van der Waals surface area (Å²) in [5.41, 5.74) is 1.47. The van der Waals surface area contributed by atoms with Crippen LogP contribution in [-0.4, -0.2) is 30.7 Å². The molecule has 3 nitrogen and oxygen atoms in total. The van der Waals surface area contributed by atoms with Crippen LogP contribution in [0.3, 0.4) is 0 Å². The molecule has 1 saturated carbocycles. The van der Waals surface area contributed by atoms with Gasteiger partial charge in [0.15, 0.2) is 0 Å². The summed E-state index contributed by atoms with van der Waals surface area (Å²) in [5.74, 6) is 1.64. The zero-order valence-corrected chi connectivity index (χ0v) is 10.2. The van der Waals surface area contributed by atoms with Crippen molar-refractivity contribution in [2.45, 2.75) is 31.2 Å². The minimum absolute atomic E-state index is 0.745. The van der Waals surface area contributed by atoms with Crippen molar-refractivity contribution in [2.24, 2.45) is 5.92 Å². The highest BCUT2D eigenvalue weighted by Crippen LogP contribution is 2.46. The monoisotopic (exact) mass is 231 g/mol. The predicted octanol–water partition coefficient (Wildman–Crippen LogP) is 1.53. The highest BCUT2D eigenvalue weighted by Gasteiger charge is 2.38. The maximum Gasteiger partial charge on any atom is 0.0270 e. The molecule has 2 heterocycles. The van der Waals surface area contributed by atoms with Gasteiger partial charge in [-0.15, -0.1) is 0 Å². The van der Waals surface area contributed by atoms with Crippen LogP contribution in [-0.2, 0) is 0 Å². The van der Waals surface area contributed by atoms with Gasteiger partial charge in [-0.05, 0) is 68.4 Å². The quantitative estimate of drug-likeness (QED) is 0.825. The molecule has 2 N–H and O–H groups in total. The summed E-state index contributed by atoms with van der Waals surface area (Å²) in [6.45, 7) is 3.55. The van der Waals surface area contributed by atoms with Gasteiger partial charge in [0, 0.05) is 18.4 Å². The fourth-order valence-corrected chi connectivity index (χ4v) is 2.84. The Balaban J connectivity index is 1.43. The van der Waals surface area contributed by atoms with Crippen LogP contribution in [0.5, 0.6) is 0 Å². The molecule has 0 radical (unpaired) electrons. The normalized spacial score (nSPS) is 29.2. The molecule has 2 fully saturated rings. The van der Waals surface area contributed by atoms with Gasteiger partial charge in [0.25, 0.3) is 0 Å². The molecule has 3 heteroatoms. The molecule has 17 heavy (non-hydrogen) atoms. The molecule has 2 aliphatic rings. The number of pyridine rings is 1. The predicted molar refractivity (Wildman–Crippen MR) is 69.0 cm³/mol. The maximum absolute atomic E-state index is 4.08. The number of piperidine rings is 1. The number of hydrogen-bond donors (Lipinski definition) is 2. The lowest BCUT2D eigenvalue weighted by atomic mass is 10.1. The summed E-state index contributed by atoms with van der Waals surface area (Å²) in [6, 6.07) is 5.07. The van der Waals surface area contributed by atoms with Gasteiger partial charge in [0.2, 0.25) is 0 Å². The van der Waals surface area contributed by atoms with E-state index >= 15 is 0 Å². The molecular formula is C14H21N3. The van der Waals surface area contributed by atoms with Crippen LogP contribution in [0.25, 0.3) is 0 Å². The van der Waals surface area contributed by atoms with Crippen molar-refractivity contribution >= 4 is 0 Å². The molecule has 1 saturated heterocycles. The third kappa shape index (κ3) is 2.85. The van der Waals surface area contributed by atoms with Gasteiger partial charge < -0.3 is 10.6 Å². The van der Waals surface area contributed by atoms with E-state index < -0.39 is 0 Å². The van der Waals surface area contributed by atoms with Gasteiger partial charge in [-0.3, -0.25) is 4.98 Å². The molecule has 0 bridgehead atoms. The molecular weight excluding hydrogens is 210 g/mol. The Labute approximate surface area is 103 Å². The molecule has 1 aromatic heterocycles. The minimum Gasteiger partial charge on any atom is -0.317 e. The van der Waals surface area contributed by atoms with Crippen LogP contribution in [0.15, 0.2) is 24.5 Å². The molecule has 1 aliphatic carbocycles. The first-order valence-electron chi connectivity index (χ1n) is 6.77. The van der Waals surface area contributed by atoms with E-state index in [0.29, 0.717) is 0 Å². The lowest BCUT2D eigenvalue weighted by Crippen LogP contribution is -2.40. The third-order valence-corrected chi connectivity index (χ3v) is 4.06. The van der Waals surface area contributed by atoms with Crippen molar-refractivity contribution in [3.05, 3.63) is 30.1 Å². The SMILES string of the molecule is c1cc(C2CC2CNC2CCNCC2)ccn1. The molecule has 2 atom stereocenters. The summed E-state index contributed by atoms with van der Waals surface area (Å²) >= 11 is 0. The van der Waals surface area contributed by atoms with E-state index in [-0.39, 0.29) is 0 Å². The Morgan fingerprint density at radius 1 is 1.24 bits per heavy atom. The van der Waals surface area contributed by atoms with Gasteiger partial charge in [0.1, 0.15) is 0 Å². The van der Waals surface area contributed by atoms with E-state index in [1.165, 1.54) is 44.5 Å². The number of hydrogen-bond acceptors (Lipinski definition) is 3. The smallest absolute Gasteiger partial charge is 0.0270 e. The van der Waals surface area contributed by atoms with Crippen molar-refractivity contribution in [3.63, 3.8) is 0 Å². The molecule has 2 unspecified atom stereocenters. The Bertz CT molecular complexity index is 346. The number of rotatable bonds is 4. The van der Waals surface area contributed by atoms with Crippen molar-refractivity contribution in [2.75, 3.05) is 19.6 Å². The molecule has 0 aromatic carbocycles. The zero-order chi connectivity index (χ0) is 11.5. The molecule has 92 valence electrons. The highest BCUT2D eigenvalue weighted by molar-refractivity contribution is 5.23. The van der Waals surface area contributed by atoms with Gasteiger partial charge in [-0.25, -0.2) is 0 Å². The largest absolute Gasteiger partial charge is 0.317 e. The minimum atomic E-state index is 0.745. The molecule has 1 aliphatic heterocycles. The van der Waals surface area contributed by atoms with Crippen molar-refractivity contribution in [1.29, 1.82) is 0 Å². The van der Waals surface area contributed by atoms with Gasteiger partial charge in [0.05, 0.1) is 0 Å². The van der Waals surface area contributed by atoms with Crippen molar-refractivity contribution < 1.29 is 0 Å². The van der Waals surface area contributed by atoms with E-state index in [1.807, 2.05) is 12.4 Å². The van der Waals surface area contributed by atoms with Crippen molar-refractivity contribution in [1.82, 2.24) is 15.6 Å². The fraction of sp³-hybridized carbons (Fsp3) is 0.643. The first-order chi connectivity index (χ1) is 8.43. The molecule has 0 spiro atoms. The van der Waals surface area contributed by atoms with Crippen LogP contribution in [0.1, 0.15) is 30.7 Å². The van der Waals surface area contributed by atoms with Crippen LogP contribution < -0.4 is 10.6 Å². The second kappa shape index (κ2) is 5.15. The summed E-state index contributed by atoms with van der Waals surface area (Å²) < 4.78 is 0. The summed E-state index contributed by atoms with van der Waals surface area (Å²) in [6.07, 6.45) is 7.73. The first kappa shape index (κ1) is 11.2. The molecule has 3 rings (SSSR count). The first-order valence-corrected chi connectivity index (χ1v) is 6.77. The number of aromatic nitrogens is 1. The van der Waals surface area contributed by atoms with E-state index in [0.717, 1.165) is 17.9 Å². The Morgan fingerprint density at radius 3 is 2.76 bits per heavy atom. The Hall–Kier alpha value is -0.930. The lowest BCUT2D eigenvalue weighted by Gasteiger charge is -2.23. The van der Waals surface area contributed by atoms with E-state index in [2.05, 4.69) is 27.8 Å². The third-order valence-electron chi connectivity index (χ3n) is 4.06. The van der Waals surface area contributed by atoms with Crippen LogP contribution in [0, 0.1) is 5.92 Å². The van der Waals surface area contributed by atoms with Crippen LogP contribution >= 0.6 is 0 Å². The lowest BCUT2D eigenvalue weighted by molar-refractivity contribution is 0.381. The number of nitrogens with zero attached hydrogens (tertiary/aromatic N) is 1. The van der Waals surface area contributed by atoms with Gasteiger partial charge >= 0.3 is 0 Å². The maximum atomic E-state index is 4.08. The summed E-state index contributed by atoms with van der Waals surface area (Å²) in [7, 11) is 0. The van der Waals surface area contributed by atoms with Gasteiger partial charge in [-0.2, -0.15) is 0 Å². The Morgan fingerprint density at radius 2 is 2.00 bits per heavy atom. The second-order valence-electron chi connectivity index (χ2n) is 5.32. The Kier molecular flexibility index (Phi) is 3.39. The van der Waals surface area contributed by atoms with E-state index in [4.69, 9.17) is 0 Å². The summed E-state index contributed by atoms with van der Waals surface area (Å²) in [5, 5.41) is 7.13. The average molecular weight is 231 g/mol. The number of nitrogens with one attached hydrogen (secondary N) is 2. The van der Waals surface area contributed by atoms with Crippen molar-refractivity contribution in [3.8, 4) is 0 Å². The van der Waals surface area contributed by atoms with Crippen LogP contribution in [0.2, 0.25) is 0 Å². The highest BCUT2D eigenvalue weighted by atomic mass is 15.0. The average Bonchev–Trinajstić information content (AvgIpc) is 3.18. The summed E-state index contributed by atoms with van der Waals surface area (Å²) in [4.78, 5) is 4.08. The van der Waals surface area contributed by atoms with Gasteiger partial charge in [-0.1, -0.05) is 0 Å². The van der Waals surface area contributed by atoms with E-state index in [9.17, 15) is 0 Å². The van der Waals surface area contributed by atoms with E-state index in [1.54, 1.807) is 0 Å². The molecule has 0 amide bonds. The molecule has 1 aromatic rings. The zero-order valence-electron chi connectivity index (χ0n) is 10.2. The fourth-order valence-electron chi connectivity index (χ4n) is 2.84. The van der Waals surface area contributed by atoms with Crippen LogP contribution in [0.4, 0.5) is 0 Å². The second-order valence-corrected chi connectivity index (χ2v) is 5.32. The topological polar surface area (TPSA) is 37.0 Å². The standard InChI is InChI=1S/C14H21N3/c1-5-15-6-2-11(1)14-9-12(14)10-17-13-3-7-16-8-4-13/h1-2,5-6,12-14,16-17H,3-4,7-10H2.